The molecule has 0 radical (unpaired) electrons. The maximum absolute atomic E-state index is 15.3. The fraction of sp³-hybridized carbons (Fsp3) is 0.667. The van der Waals surface area contributed by atoms with Gasteiger partial charge in [-0.2, -0.15) is 0 Å². The van der Waals surface area contributed by atoms with Crippen LogP contribution in [0.25, 0.3) is 10.8 Å². The highest BCUT2D eigenvalue weighted by atomic mass is 16.4. The Kier molecular flexibility index (Phi) is 8.79. The van der Waals surface area contributed by atoms with E-state index in [0.717, 1.165) is 67.7 Å². The number of hydrogen-bond donors (Lipinski definition) is 1. The second-order valence-electron chi connectivity index (χ2n) is 13.5. The van der Waals surface area contributed by atoms with E-state index >= 15 is 4.79 Å². The molecule has 1 amide bonds. The number of carboxylic acid groups (broad SMARTS) is 1. The molecule has 4 heteroatoms. The van der Waals surface area contributed by atoms with Crippen molar-refractivity contribution in [2.24, 2.45) is 0 Å². The quantitative estimate of drug-likeness (QED) is 0.394. The van der Waals surface area contributed by atoms with E-state index in [4.69, 9.17) is 0 Å². The number of rotatable bonds is 6. The van der Waals surface area contributed by atoms with Gasteiger partial charge >= 0.3 is 5.97 Å². The van der Waals surface area contributed by atoms with E-state index in [2.05, 4.69) is 11.0 Å². The molecule has 4 nitrogen and oxygen atoms in total. The summed E-state index contributed by atoms with van der Waals surface area (Å²) >= 11 is 0. The first-order valence-corrected chi connectivity index (χ1v) is 16.8. The SMILES string of the molecule is O=C(O)c1ccc2c(C3CCCCC3)c(C(=O)N(C3CCCCC3)C3CCCCC3)c(C3CCCCC3)cc2c1. The highest BCUT2D eigenvalue weighted by Crippen LogP contribution is 2.45. The number of carboxylic acids is 1. The predicted molar refractivity (Wildman–Crippen MR) is 162 cm³/mol. The molecule has 4 saturated carbocycles. The van der Waals surface area contributed by atoms with Crippen LogP contribution in [0.3, 0.4) is 0 Å². The van der Waals surface area contributed by atoms with Crippen molar-refractivity contribution in [3.05, 3.63) is 46.5 Å². The summed E-state index contributed by atoms with van der Waals surface area (Å²) in [6, 6.07) is 8.68. The highest BCUT2D eigenvalue weighted by Gasteiger charge is 2.38. The maximum Gasteiger partial charge on any atom is 0.335 e. The summed E-state index contributed by atoms with van der Waals surface area (Å²) < 4.78 is 0. The van der Waals surface area contributed by atoms with Gasteiger partial charge in [-0.05, 0) is 97.2 Å². The highest BCUT2D eigenvalue weighted by molar-refractivity contribution is 6.05. The molecule has 4 aliphatic rings. The Morgan fingerprint density at radius 3 is 1.65 bits per heavy atom. The molecule has 1 N–H and O–H groups in total. The summed E-state index contributed by atoms with van der Waals surface area (Å²) in [4.78, 5) is 29.7. The van der Waals surface area contributed by atoms with Crippen molar-refractivity contribution in [2.45, 2.75) is 152 Å². The minimum atomic E-state index is -0.874. The average molecular weight is 544 g/mol. The van der Waals surface area contributed by atoms with E-state index < -0.39 is 5.97 Å². The zero-order valence-electron chi connectivity index (χ0n) is 24.5. The molecular formula is C36H49NO3. The molecule has 40 heavy (non-hydrogen) atoms. The number of aromatic carboxylic acids is 1. The Morgan fingerprint density at radius 2 is 1.12 bits per heavy atom. The fourth-order valence-electron chi connectivity index (χ4n) is 8.86. The summed E-state index contributed by atoms with van der Waals surface area (Å²) in [5.41, 5.74) is 3.92. The summed E-state index contributed by atoms with van der Waals surface area (Å²) in [5, 5.41) is 12.0. The Bertz CT molecular complexity index is 1180. The second kappa shape index (κ2) is 12.7. The minimum Gasteiger partial charge on any atom is -0.478 e. The number of benzene rings is 2. The van der Waals surface area contributed by atoms with E-state index in [9.17, 15) is 9.90 Å². The van der Waals surface area contributed by atoms with Crippen LogP contribution >= 0.6 is 0 Å². The lowest BCUT2D eigenvalue weighted by molar-refractivity contribution is 0.0444. The molecule has 216 valence electrons. The van der Waals surface area contributed by atoms with Crippen molar-refractivity contribution >= 4 is 22.6 Å². The van der Waals surface area contributed by atoms with Gasteiger partial charge in [-0.3, -0.25) is 4.79 Å². The summed E-state index contributed by atoms with van der Waals surface area (Å²) in [6.45, 7) is 0. The van der Waals surface area contributed by atoms with E-state index in [1.54, 1.807) is 6.07 Å². The third kappa shape index (κ3) is 5.70. The molecule has 0 bridgehead atoms. The molecule has 0 spiro atoms. The molecule has 0 saturated heterocycles. The lowest BCUT2D eigenvalue weighted by atomic mass is 9.74. The lowest BCUT2D eigenvalue weighted by Crippen LogP contribution is -2.49. The Morgan fingerprint density at radius 1 is 0.625 bits per heavy atom. The zero-order valence-corrected chi connectivity index (χ0v) is 24.5. The topological polar surface area (TPSA) is 57.6 Å². The van der Waals surface area contributed by atoms with Crippen LogP contribution in [0.5, 0.6) is 0 Å². The van der Waals surface area contributed by atoms with Crippen molar-refractivity contribution in [2.75, 3.05) is 0 Å². The van der Waals surface area contributed by atoms with E-state index in [1.165, 1.54) is 88.2 Å². The zero-order chi connectivity index (χ0) is 27.5. The number of hydrogen-bond acceptors (Lipinski definition) is 2. The number of nitrogens with zero attached hydrogens (tertiary/aromatic N) is 1. The molecular weight excluding hydrogens is 494 g/mol. The first kappa shape index (κ1) is 27.8. The van der Waals surface area contributed by atoms with E-state index in [-0.39, 0.29) is 0 Å². The first-order chi connectivity index (χ1) is 19.6. The molecule has 4 fully saturated rings. The van der Waals surface area contributed by atoms with Gasteiger partial charge in [0.1, 0.15) is 0 Å². The Labute approximate surface area is 240 Å². The first-order valence-electron chi connectivity index (χ1n) is 16.8. The van der Waals surface area contributed by atoms with Gasteiger partial charge in [0.25, 0.3) is 5.91 Å². The monoisotopic (exact) mass is 543 g/mol. The van der Waals surface area contributed by atoms with Crippen molar-refractivity contribution in [1.82, 2.24) is 4.90 Å². The van der Waals surface area contributed by atoms with Crippen molar-refractivity contribution in [3.8, 4) is 0 Å². The van der Waals surface area contributed by atoms with Crippen molar-refractivity contribution < 1.29 is 14.7 Å². The van der Waals surface area contributed by atoms with Crippen LogP contribution in [0.15, 0.2) is 24.3 Å². The molecule has 4 aliphatic carbocycles. The minimum absolute atomic E-state index is 0.323. The average Bonchev–Trinajstić information content (AvgIpc) is 3.01. The summed E-state index contributed by atoms with van der Waals surface area (Å²) in [5.74, 6) is 0.229. The van der Waals surface area contributed by atoms with Crippen LogP contribution in [-0.2, 0) is 0 Å². The van der Waals surface area contributed by atoms with E-state index in [1.807, 2.05) is 12.1 Å². The van der Waals surface area contributed by atoms with Crippen LogP contribution in [0.2, 0.25) is 0 Å². The third-order valence-electron chi connectivity index (χ3n) is 10.9. The van der Waals surface area contributed by atoms with Gasteiger partial charge in [0.05, 0.1) is 5.56 Å². The fourth-order valence-corrected chi connectivity index (χ4v) is 8.86. The van der Waals surface area contributed by atoms with Crippen molar-refractivity contribution in [3.63, 3.8) is 0 Å². The van der Waals surface area contributed by atoms with Gasteiger partial charge < -0.3 is 10.0 Å². The number of carbonyl (C=O) groups is 2. The largest absolute Gasteiger partial charge is 0.478 e. The number of fused-ring (bicyclic) bond motifs is 1. The van der Waals surface area contributed by atoms with Crippen LogP contribution in [-0.4, -0.2) is 34.0 Å². The van der Waals surface area contributed by atoms with Gasteiger partial charge in [0.2, 0.25) is 0 Å². The molecule has 2 aromatic carbocycles. The van der Waals surface area contributed by atoms with Gasteiger partial charge in [0, 0.05) is 17.6 Å². The lowest BCUT2D eigenvalue weighted by Gasteiger charge is -2.43. The number of carbonyl (C=O) groups excluding carboxylic acids is 1. The van der Waals surface area contributed by atoms with Crippen LogP contribution in [0, 0.1) is 0 Å². The Balaban J connectivity index is 1.56. The van der Waals surface area contributed by atoms with Crippen molar-refractivity contribution in [1.29, 1.82) is 0 Å². The summed E-state index contributed by atoms with van der Waals surface area (Å²) in [7, 11) is 0. The second-order valence-corrected chi connectivity index (χ2v) is 13.5. The van der Waals surface area contributed by atoms with Crippen LogP contribution in [0.1, 0.15) is 172 Å². The smallest absolute Gasteiger partial charge is 0.335 e. The van der Waals surface area contributed by atoms with E-state index in [0.29, 0.717) is 35.4 Å². The number of amides is 1. The summed E-state index contributed by atoms with van der Waals surface area (Å²) in [6.07, 6.45) is 24.1. The van der Waals surface area contributed by atoms with Crippen LogP contribution < -0.4 is 0 Å². The standard InChI is InChI=1S/C36H49NO3/c38-35(37(29-17-9-3-10-18-29)30-19-11-4-12-20-30)34-32(25-13-5-1-6-14-25)24-28-23-27(36(39)40)21-22-31(28)33(34)26-15-7-2-8-16-26/h21-26,29-30H,1-20H2,(H,39,40). The predicted octanol–water partition coefficient (Wildman–Crippen LogP) is 9.74. The maximum atomic E-state index is 15.3. The molecule has 0 atom stereocenters. The molecule has 0 aromatic heterocycles. The molecule has 0 unspecified atom stereocenters. The third-order valence-corrected chi connectivity index (χ3v) is 10.9. The Hall–Kier alpha value is -2.36. The van der Waals surface area contributed by atoms with Gasteiger partial charge in [-0.25, -0.2) is 4.79 Å². The van der Waals surface area contributed by atoms with Crippen LogP contribution in [0.4, 0.5) is 0 Å². The normalized spacial score (nSPS) is 22.4. The van der Waals surface area contributed by atoms with Gasteiger partial charge in [0.15, 0.2) is 0 Å². The molecule has 0 heterocycles. The molecule has 2 aromatic rings. The van der Waals surface area contributed by atoms with Gasteiger partial charge in [-0.15, -0.1) is 0 Å². The molecule has 6 rings (SSSR count). The van der Waals surface area contributed by atoms with Gasteiger partial charge in [-0.1, -0.05) is 89.2 Å². The molecule has 0 aliphatic heterocycles.